The molecule has 114 valence electrons. The summed E-state index contributed by atoms with van der Waals surface area (Å²) in [5, 5.41) is 2.65. The van der Waals surface area contributed by atoms with Crippen molar-refractivity contribution in [1.82, 2.24) is 20.0 Å². The third kappa shape index (κ3) is 4.61. The summed E-state index contributed by atoms with van der Waals surface area (Å²) in [6.07, 6.45) is 1.86. The van der Waals surface area contributed by atoms with Gasteiger partial charge in [0.1, 0.15) is 5.82 Å². The molecular weight excluding hydrogens is 280 g/mol. The summed E-state index contributed by atoms with van der Waals surface area (Å²) < 4.78 is 26.4. The van der Waals surface area contributed by atoms with Crippen molar-refractivity contribution < 1.29 is 13.2 Å². The van der Waals surface area contributed by atoms with Crippen LogP contribution in [0.2, 0.25) is 0 Å². The Morgan fingerprint density at radius 1 is 1.40 bits per heavy atom. The first-order chi connectivity index (χ1) is 9.26. The minimum atomic E-state index is -3.76. The highest BCUT2D eigenvalue weighted by Gasteiger charge is 2.23. The van der Waals surface area contributed by atoms with Gasteiger partial charge in [-0.05, 0) is 12.8 Å². The van der Waals surface area contributed by atoms with Crippen LogP contribution in [0.4, 0.5) is 0 Å². The average molecular weight is 302 g/mol. The molecule has 1 heterocycles. The predicted molar refractivity (Wildman–Crippen MR) is 75.6 cm³/mol. The normalized spacial score (nSPS) is 13.4. The van der Waals surface area contributed by atoms with Crippen LogP contribution < -0.4 is 10.0 Å². The van der Waals surface area contributed by atoms with Crippen LogP contribution in [-0.2, 0) is 21.2 Å². The monoisotopic (exact) mass is 302 g/mol. The first-order valence-electron chi connectivity index (χ1n) is 6.60. The summed E-state index contributed by atoms with van der Waals surface area (Å²) in [5.74, 6) is 0.544. The van der Waals surface area contributed by atoms with E-state index in [4.69, 9.17) is 0 Å². The predicted octanol–water partition coefficient (Wildman–Crippen LogP) is 0.411. The van der Waals surface area contributed by atoms with Gasteiger partial charge in [-0.2, -0.15) is 4.72 Å². The lowest BCUT2D eigenvalue weighted by molar-refractivity contribution is -0.122. The Labute approximate surface area is 119 Å². The second-order valence-electron chi connectivity index (χ2n) is 5.03. The number of nitrogens with one attached hydrogen (secondary N) is 3. The SMILES string of the molecule is CCc1ncc(S(=O)(=O)NC(C)C(=O)NCC(C)C)[nH]1. The molecule has 0 fully saturated rings. The van der Waals surface area contributed by atoms with Crippen LogP contribution in [-0.4, -0.2) is 36.9 Å². The molecule has 0 radical (unpaired) electrons. The fourth-order valence-electron chi connectivity index (χ4n) is 1.47. The molecule has 7 nitrogen and oxygen atoms in total. The number of sulfonamides is 1. The van der Waals surface area contributed by atoms with Gasteiger partial charge in [-0.15, -0.1) is 0 Å². The molecule has 1 aromatic rings. The summed E-state index contributed by atoms with van der Waals surface area (Å²) in [6.45, 7) is 7.81. The summed E-state index contributed by atoms with van der Waals surface area (Å²) >= 11 is 0. The number of rotatable bonds is 7. The first kappa shape index (κ1) is 16.6. The highest BCUT2D eigenvalue weighted by molar-refractivity contribution is 7.89. The van der Waals surface area contributed by atoms with Crippen LogP contribution in [0.5, 0.6) is 0 Å². The van der Waals surface area contributed by atoms with Crippen molar-refractivity contribution in [2.24, 2.45) is 5.92 Å². The molecule has 1 rings (SSSR count). The Bertz CT molecular complexity index is 551. The second-order valence-corrected chi connectivity index (χ2v) is 6.71. The average Bonchev–Trinajstić information content (AvgIpc) is 2.84. The minimum Gasteiger partial charge on any atom is -0.354 e. The van der Waals surface area contributed by atoms with Crippen molar-refractivity contribution in [2.75, 3.05) is 6.54 Å². The fraction of sp³-hybridized carbons (Fsp3) is 0.667. The van der Waals surface area contributed by atoms with Crippen LogP contribution in [0.15, 0.2) is 11.2 Å². The molecule has 20 heavy (non-hydrogen) atoms. The van der Waals surface area contributed by atoms with Crippen molar-refractivity contribution in [3.05, 3.63) is 12.0 Å². The van der Waals surface area contributed by atoms with Gasteiger partial charge in [-0.3, -0.25) is 4.79 Å². The van der Waals surface area contributed by atoms with Gasteiger partial charge in [0, 0.05) is 13.0 Å². The van der Waals surface area contributed by atoms with E-state index in [0.29, 0.717) is 24.7 Å². The molecule has 3 N–H and O–H groups in total. The highest BCUT2D eigenvalue weighted by Crippen LogP contribution is 2.06. The Hall–Kier alpha value is -1.41. The summed E-state index contributed by atoms with van der Waals surface area (Å²) in [5.41, 5.74) is 0. The van der Waals surface area contributed by atoms with E-state index in [1.165, 1.54) is 13.1 Å². The topological polar surface area (TPSA) is 104 Å². The zero-order valence-corrected chi connectivity index (χ0v) is 13.0. The maximum absolute atomic E-state index is 12.1. The van der Waals surface area contributed by atoms with Gasteiger partial charge in [0.2, 0.25) is 5.91 Å². The second kappa shape index (κ2) is 6.85. The number of imidazole rings is 1. The van der Waals surface area contributed by atoms with E-state index < -0.39 is 16.1 Å². The van der Waals surface area contributed by atoms with Gasteiger partial charge < -0.3 is 10.3 Å². The molecule has 1 unspecified atom stereocenters. The van der Waals surface area contributed by atoms with Gasteiger partial charge in [0.05, 0.1) is 12.2 Å². The van der Waals surface area contributed by atoms with Crippen LogP contribution in [0, 0.1) is 5.92 Å². The lowest BCUT2D eigenvalue weighted by Gasteiger charge is -2.14. The molecule has 8 heteroatoms. The Morgan fingerprint density at radius 3 is 2.55 bits per heavy atom. The summed E-state index contributed by atoms with van der Waals surface area (Å²) in [6, 6.07) is -0.841. The maximum Gasteiger partial charge on any atom is 0.258 e. The Balaban J connectivity index is 2.68. The van der Waals surface area contributed by atoms with Crippen LogP contribution >= 0.6 is 0 Å². The molecule has 0 aliphatic heterocycles. The molecular formula is C12H22N4O3S. The van der Waals surface area contributed by atoms with Gasteiger partial charge in [0.25, 0.3) is 10.0 Å². The van der Waals surface area contributed by atoms with E-state index >= 15 is 0 Å². The van der Waals surface area contributed by atoms with E-state index in [1.807, 2.05) is 20.8 Å². The molecule has 0 saturated heterocycles. The lowest BCUT2D eigenvalue weighted by Crippen LogP contribution is -2.45. The van der Waals surface area contributed by atoms with Crippen LogP contribution in [0.3, 0.4) is 0 Å². The zero-order chi connectivity index (χ0) is 15.3. The Kier molecular flexibility index (Phi) is 5.70. The van der Waals surface area contributed by atoms with E-state index in [2.05, 4.69) is 20.0 Å². The van der Waals surface area contributed by atoms with Crippen molar-refractivity contribution in [3.8, 4) is 0 Å². The molecule has 0 aliphatic rings. The molecule has 0 aromatic carbocycles. The number of hydrogen-bond donors (Lipinski definition) is 3. The molecule has 0 spiro atoms. The van der Waals surface area contributed by atoms with Crippen LogP contribution in [0.1, 0.15) is 33.5 Å². The molecule has 0 bridgehead atoms. The van der Waals surface area contributed by atoms with E-state index in [-0.39, 0.29) is 10.9 Å². The quantitative estimate of drug-likeness (QED) is 0.678. The third-order valence-corrected chi connectivity index (χ3v) is 4.09. The fourth-order valence-corrected chi connectivity index (χ4v) is 2.61. The van der Waals surface area contributed by atoms with Gasteiger partial charge in [-0.1, -0.05) is 20.8 Å². The summed E-state index contributed by atoms with van der Waals surface area (Å²) in [7, 11) is -3.76. The number of aryl methyl sites for hydroxylation is 1. The maximum atomic E-state index is 12.1. The number of H-pyrrole nitrogens is 1. The number of aromatic nitrogens is 2. The minimum absolute atomic E-state index is 0.0298. The number of nitrogens with zero attached hydrogens (tertiary/aromatic N) is 1. The standard InChI is InChI=1S/C12H22N4O3S/c1-5-10-13-7-11(15-10)20(18,19)16-9(4)12(17)14-6-8(2)3/h7-9,16H,5-6H2,1-4H3,(H,13,15)(H,14,17). The zero-order valence-electron chi connectivity index (χ0n) is 12.2. The van der Waals surface area contributed by atoms with Gasteiger partial charge in [-0.25, -0.2) is 13.4 Å². The van der Waals surface area contributed by atoms with Crippen molar-refractivity contribution in [2.45, 2.75) is 45.2 Å². The van der Waals surface area contributed by atoms with Gasteiger partial charge >= 0.3 is 0 Å². The van der Waals surface area contributed by atoms with Gasteiger partial charge in [0.15, 0.2) is 5.03 Å². The number of aromatic amines is 1. The van der Waals surface area contributed by atoms with Crippen molar-refractivity contribution in [3.63, 3.8) is 0 Å². The molecule has 1 amide bonds. The number of carbonyl (C=O) groups excluding carboxylic acids is 1. The third-order valence-electron chi connectivity index (χ3n) is 2.64. The molecule has 0 saturated carbocycles. The Morgan fingerprint density at radius 2 is 2.05 bits per heavy atom. The van der Waals surface area contributed by atoms with E-state index in [9.17, 15) is 13.2 Å². The molecule has 1 atom stereocenters. The van der Waals surface area contributed by atoms with Crippen molar-refractivity contribution >= 4 is 15.9 Å². The number of hydrogen-bond acceptors (Lipinski definition) is 4. The highest BCUT2D eigenvalue weighted by atomic mass is 32.2. The van der Waals surface area contributed by atoms with Crippen molar-refractivity contribution in [1.29, 1.82) is 0 Å². The number of carbonyl (C=O) groups is 1. The summed E-state index contributed by atoms with van der Waals surface area (Å²) in [4.78, 5) is 18.4. The van der Waals surface area contributed by atoms with E-state index in [0.717, 1.165) is 0 Å². The van der Waals surface area contributed by atoms with Crippen LogP contribution in [0.25, 0.3) is 0 Å². The largest absolute Gasteiger partial charge is 0.354 e. The molecule has 0 aliphatic carbocycles. The van der Waals surface area contributed by atoms with E-state index in [1.54, 1.807) is 0 Å². The molecule has 1 aromatic heterocycles. The first-order valence-corrected chi connectivity index (χ1v) is 8.08. The smallest absolute Gasteiger partial charge is 0.258 e. The number of amides is 1. The lowest BCUT2D eigenvalue weighted by atomic mass is 10.2.